The second-order valence-corrected chi connectivity index (χ2v) is 5.08. The Morgan fingerprint density at radius 1 is 1.40 bits per heavy atom. The number of aromatic amines is 1. The highest BCUT2D eigenvalue weighted by Gasteiger charge is 2.16. The molecule has 0 saturated heterocycles. The molecule has 5 nitrogen and oxygen atoms in total. The molecular weight excluding hydrogens is 276 g/mol. The lowest BCUT2D eigenvalue weighted by molar-refractivity contribution is 0.0564. The second kappa shape index (κ2) is 5.42. The van der Waals surface area contributed by atoms with Crippen LogP contribution in [0, 0.1) is 0 Å². The number of aromatic nitrogens is 2. The number of ether oxygens (including phenoxy) is 1. The van der Waals surface area contributed by atoms with Crippen LogP contribution >= 0.6 is 11.8 Å². The van der Waals surface area contributed by atoms with Crippen molar-refractivity contribution in [1.29, 1.82) is 0 Å². The predicted octanol–water partition coefficient (Wildman–Crippen LogP) is 3.23. The number of hydrogen-bond acceptors (Lipinski definition) is 5. The SMILES string of the molecule is COC(=O)c1occc1CSc1nc2ccccc2[nH]1. The lowest BCUT2D eigenvalue weighted by Crippen LogP contribution is -2.02. The van der Waals surface area contributed by atoms with Crippen LogP contribution in [-0.4, -0.2) is 23.0 Å². The first-order valence-corrected chi connectivity index (χ1v) is 6.98. The van der Waals surface area contributed by atoms with Crippen LogP contribution in [0.25, 0.3) is 11.0 Å². The molecule has 0 aliphatic rings. The van der Waals surface area contributed by atoms with E-state index in [1.54, 1.807) is 6.07 Å². The van der Waals surface area contributed by atoms with Crippen LogP contribution in [0.5, 0.6) is 0 Å². The van der Waals surface area contributed by atoms with Crippen molar-refractivity contribution in [3.63, 3.8) is 0 Å². The number of nitrogens with one attached hydrogen (secondary N) is 1. The molecule has 6 heteroatoms. The average Bonchev–Trinajstić information content (AvgIpc) is 3.10. The zero-order valence-corrected chi connectivity index (χ0v) is 11.6. The highest BCUT2D eigenvalue weighted by molar-refractivity contribution is 7.98. The third-order valence-corrected chi connectivity index (χ3v) is 3.77. The Bertz CT molecular complexity index is 715. The number of esters is 1. The zero-order chi connectivity index (χ0) is 13.9. The van der Waals surface area contributed by atoms with Gasteiger partial charge in [-0.3, -0.25) is 0 Å². The van der Waals surface area contributed by atoms with Gasteiger partial charge in [0.1, 0.15) is 0 Å². The fraction of sp³-hybridized carbons (Fsp3) is 0.143. The van der Waals surface area contributed by atoms with Crippen LogP contribution in [0.3, 0.4) is 0 Å². The normalized spacial score (nSPS) is 10.8. The van der Waals surface area contributed by atoms with Gasteiger partial charge in [0.2, 0.25) is 5.76 Å². The number of H-pyrrole nitrogens is 1. The first kappa shape index (κ1) is 12.8. The topological polar surface area (TPSA) is 68.1 Å². The Balaban J connectivity index is 1.76. The summed E-state index contributed by atoms with van der Waals surface area (Å²) in [6.07, 6.45) is 1.49. The minimum atomic E-state index is -0.463. The zero-order valence-electron chi connectivity index (χ0n) is 10.8. The van der Waals surface area contributed by atoms with E-state index in [9.17, 15) is 4.79 Å². The lowest BCUT2D eigenvalue weighted by atomic mass is 10.3. The van der Waals surface area contributed by atoms with Crippen molar-refractivity contribution >= 4 is 28.8 Å². The van der Waals surface area contributed by atoms with E-state index >= 15 is 0 Å². The number of methoxy groups -OCH3 is 1. The molecular formula is C14H12N2O3S. The van der Waals surface area contributed by atoms with Gasteiger partial charge in [-0.05, 0) is 18.2 Å². The van der Waals surface area contributed by atoms with E-state index in [1.807, 2.05) is 24.3 Å². The van der Waals surface area contributed by atoms with Gasteiger partial charge in [-0.2, -0.15) is 0 Å². The fourth-order valence-corrected chi connectivity index (χ4v) is 2.73. The number of thioether (sulfide) groups is 1. The van der Waals surface area contributed by atoms with Gasteiger partial charge in [-0.25, -0.2) is 9.78 Å². The number of fused-ring (bicyclic) bond motifs is 1. The number of nitrogens with zero attached hydrogens (tertiary/aromatic N) is 1. The van der Waals surface area contributed by atoms with Gasteiger partial charge in [0.25, 0.3) is 0 Å². The smallest absolute Gasteiger partial charge is 0.374 e. The van der Waals surface area contributed by atoms with Crippen LogP contribution in [0.2, 0.25) is 0 Å². The Labute approximate surface area is 119 Å². The molecule has 1 N–H and O–H groups in total. The average molecular weight is 288 g/mol. The number of carbonyl (C=O) groups is 1. The molecule has 3 rings (SSSR count). The quantitative estimate of drug-likeness (QED) is 0.589. The van der Waals surface area contributed by atoms with Crippen LogP contribution in [0.1, 0.15) is 16.1 Å². The maximum Gasteiger partial charge on any atom is 0.374 e. The Morgan fingerprint density at radius 3 is 3.05 bits per heavy atom. The molecule has 0 aliphatic heterocycles. The van der Waals surface area contributed by atoms with E-state index in [0.717, 1.165) is 21.8 Å². The number of furan rings is 1. The third kappa shape index (κ3) is 2.42. The van der Waals surface area contributed by atoms with Crippen molar-refractivity contribution in [3.8, 4) is 0 Å². The van der Waals surface area contributed by atoms with Crippen molar-refractivity contribution in [2.75, 3.05) is 7.11 Å². The minimum absolute atomic E-state index is 0.246. The van der Waals surface area contributed by atoms with Gasteiger partial charge in [0, 0.05) is 11.3 Å². The standard InChI is InChI=1S/C14H12N2O3S/c1-18-13(17)12-9(6-7-19-12)8-20-14-15-10-4-2-3-5-11(10)16-14/h2-7H,8H2,1H3,(H,15,16). The molecule has 0 amide bonds. The largest absolute Gasteiger partial charge is 0.463 e. The highest BCUT2D eigenvalue weighted by atomic mass is 32.2. The third-order valence-electron chi connectivity index (χ3n) is 2.85. The van der Waals surface area contributed by atoms with Crippen molar-refractivity contribution in [2.24, 2.45) is 0 Å². The second-order valence-electron chi connectivity index (χ2n) is 4.11. The van der Waals surface area contributed by atoms with Gasteiger partial charge in [-0.1, -0.05) is 23.9 Å². The first-order valence-electron chi connectivity index (χ1n) is 6.00. The molecule has 0 unspecified atom stereocenters. The van der Waals surface area contributed by atoms with Crippen LogP contribution in [-0.2, 0) is 10.5 Å². The van der Waals surface area contributed by atoms with E-state index in [1.165, 1.54) is 25.1 Å². The van der Waals surface area contributed by atoms with Crippen molar-refractivity contribution in [3.05, 3.63) is 47.9 Å². The number of rotatable bonds is 4. The summed E-state index contributed by atoms with van der Waals surface area (Å²) >= 11 is 1.51. The van der Waals surface area contributed by atoms with E-state index in [-0.39, 0.29) is 5.76 Å². The highest BCUT2D eigenvalue weighted by Crippen LogP contribution is 2.25. The molecule has 0 fully saturated rings. The molecule has 2 heterocycles. The van der Waals surface area contributed by atoms with Crippen LogP contribution in [0.15, 0.2) is 46.2 Å². The Morgan fingerprint density at radius 2 is 2.25 bits per heavy atom. The van der Waals surface area contributed by atoms with Gasteiger partial charge in [-0.15, -0.1) is 0 Å². The number of carbonyl (C=O) groups excluding carboxylic acids is 1. The summed E-state index contributed by atoms with van der Waals surface area (Å²) < 4.78 is 9.82. The van der Waals surface area contributed by atoms with Crippen molar-refractivity contribution < 1.29 is 13.9 Å². The molecule has 0 bridgehead atoms. The number of imidazole rings is 1. The van der Waals surface area contributed by atoms with Gasteiger partial charge < -0.3 is 14.1 Å². The molecule has 0 atom stereocenters. The van der Waals surface area contributed by atoms with E-state index in [0.29, 0.717) is 5.75 Å². The monoisotopic (exact) mass is 288 g/mol. The van der Waals surface area contributed by atoms with E-state index in [4.69, 9.17) is 4.42 Å². The number of hydrogen-bond donors (Lipinski definition) is 1. The van der Waals surface area contributed by atoms with Gasteiger partial charge in [0.05, 0.1) is 24.4 Å². The lowest BCUT2D eigenvalue weighted by Gasteiger charge is -1.99. The van der Waals surface area contributed by atoms with E-state index < -0.39 is 5.97 Å². The number of para-hydroxylation sites is 2. The molecule has 102 valence electrons. The van der Waals surface area contributed by atoms with Gasteiger partial charge in [0.15, 0.2) is 5.16 Å². The Kier molecular flexibility index (Phi) is 3.47. The summed E-state index contributed by atoms with van der Waals surface area (Å²) in [6.45, 7) is 0. The molecule has 0 aliphatic carbocycles. The molecule has 20 heavy (non-hydrogen) atoms. The van der Waals surface area contributed by atoms with E-state index in [2.05, 4.69) is 14.7 Å². The molecule has 0 radical (unpaired) electrons. The Hall–Kier alpha value is -2.21. The van der Waals surface area contributed by atoms with Crippen LogP contribution < -0.4 is 0 Å². The van der Waals surface area contributed by atoms with Gasteiger partial charge >= 0.3 is 5.97 Å². The summed E-state index contributed by atoms with van der Waals surface area (Å²) in [5, 5.41) is 0.809. The summed E-state index contributed by atoms with van der Waals surface area (Å²) in [5.74, 6) is 0.368. The maximum atomic E-state index is 11.5. The first-order chi connectivity index (χ1) is 9.78. The molecule has 1 aromatic carbocycles. The summed E-state index contributed by atoms with van der Waals surface area (Å²) in [4.78, 5) is 19.2. The molecule has 3 aromatic rings. The molecule has 2 aromatic heterocycles. The summed E-state index contributed by atoms with van der Waals surface area (Å²) in [5.41, 5.74) is 2.72. The predicted molar refractivity (Wildman–Crippen MR) is 75.7 cm³/mol. The number of benzene rings is 1. The minimum Gasteiger partial charge on any atom is -0.463 e. The molecule has 0 spiro atoms. The van der Waals surface area contributed by atoms with Crippen molar-refractivity contribution in [1.82, 2.24) is 9.97 Å². The van der Waals surface area contributed by atoms with Crippen molar-refractivity contribution in [2.45, 2.75) is 10.9 Å². The molecule has 0 saturated carbocycles. The van der Waals surface area contributed by atoms with Crippen LogP contribution in [0.4, 0.5) is 0 Å². The summed E-state index contributed by atoms with van der Waals surface area (Å²) in [6, 6.07) is 9.60. The fourth-order valence-electron chi connectivity index (χ4n) is 1.86. The maximum absolute atomic E-state index is 11.5. The summed E-state index contributed by atoms with van der Waals surface area (Å²) in [7, 11) is 1.33.